The summed E-state index contributed by atoms with van der Waals surface area (Å²) in [7, 11) is 0. The molecule has 122 valence electrons. The van der Waals surface area contributed by atoms with Crippen LogP contribution in [0.4, 0.5) is 0 Å². The minimum absolute atomic E-state index is 0.00725. The van der Waals surface area contributed by atoms with Crippen molar-refractivity contribution in [1.82, 2.24) is 10.2 Å². The van der Waals surface area contributed by atoms with Crippen LogP contribution in [0.15, 0.2) is 24.3 Å². The molecule has 0 aromatic heterocycles. The number of hydrogen-bond donors (Lipinski definition) is 1. The Morgan fingerprint density at radius 2 is 2.05 bits per heavy atom. The van der Waals surface area contributed by atoms with Crippen molar-refractivity contribution >= 4 is 5.91 Å². The Balaban J connectivity index is 1.73. The maximum Gasteiger partial charge on any atom is 0.261 e. The van der Waals surface area contributed by atoms with E-state index in [1.807, 2.05) is 38.1 Å². The Bertz CT molecular complexity index is 470. The Hall–Kier alpha value is -1.55. The van der Waals surface area contributed by atoms with Crippen LogP contribution in [0.25, 0.3) is 0 Å². The van der Waals surface area contributed by atoms with Crippen molar-refractivity contribution in [1.29, 1.82) is 0 Å². The maximum atomic E-state index is 12.2. The first kappa shape index (κ1) is 16.8. The molecule has 1 aromatic carbocycles. The lowest BCUT2D eigenvalue weighted by Crippen LogP contribution is -2.39. The predicted octanol–water partition coefficient (Wildman–Crippen LogP) is 2.75. The molecule has 0 aliphatic carbocycles. The fourth-order valence-electron chi connectivity index (χ4n) is 2.80. The number of nitrogens with zero attached hydrogens (tertiary/aromatic N) is 1. The molecule has 1 unspecified atom stereocenters. The second-order valence-electron chi connectivity index (χ2n) is 5.97. The highest BCUT2D eigenvalue weighted by molar-refractivity contribution is 5.81. The highest BCUT2D eigenvalue weighted by Crippen LogP contribution is 2.18. The van der Waals surface area contributed by atoms with Gasteiger partial charge in [0.25, 0.3) is 5.91 Å². The molecule has 1 N–H and O–H groups in total. The van der Waals surface area contributed by atoms with Gasteiger partial charge in [0.2, 0.25) is 0 Å². The van der Waals surface area contributed by atoms with Crippen LogP contribution in [-0.2, 0) is 4.79 Å². The molecule has 1 aromatic rings. The van der Waals surface area contributed by atoms with Crippen LogP contribution in [-0.4, -0.2) is 43.1 Å². The molecule has 1 heterocycles. The van der Waals surface area contributed by atoms with Gasteiger partial charge in [-0.3, -0.25) is 4.79 Å². The number of likely N-dealkylation sites (tertiary alicyclic amines) is 1. The number of amides is 1. The normalized spacial score (nSPS) is 16.5. The molecular formula is C18H28N2O2. The molecule has 0 saturated carbocycles. The van der Waals surface area contributed by atoms with E-state index in [1.165, 1.54) is 25.9 Å². The number of hydrogen-bond acceptors (Lipinski definition) is 3. The van der Waals surface area contributed by atoms with Crippen molar-refractivity contribution in [2.75, 3.05) is 26.2 Å². The second-order valence-corrected chi connectivity index (χ2v) is 5.97. The highest BCUT2D eigenvalue weighted by atomic mass is 16.5. The first-order valence-electron chi connectivity index (χ1n) is 8.43. The second kappa shape index (κ2) is 8.79. The van der Waals surface area contributed by atoms with Crippen LogP contribution >= 0.6 is 0 Å². The van der Waals surface area contributed by atoms with Crippen molar-refractivity contribution in [2.45, 2.75) is 45.6 Å². The average Bonchev–Trinajstić information content (AvgIpc) is 3.04. The molecule has 22 heavy (non-hydrogen) atoms. The Morgan fingerprint density at radius 1 is 1.32 bits per heavy atom. The van der Waals surface area contributed by atoms with Gasteiger partial charge in [-0.2, -0.15) is 0 Å². The molecule has 0 radical (unpaired) electrons. The van der Waals surface area contributed by atoms with Gasteiger partial charge in [0, 0.05) is 6.54 Å². The number of aryl methyl sites for hydroxylation is 1. The van der Waals surface area contributed by atoms with Crippen molar-refractivity contribution in [2.24, 2.45) is 0 Å². The molecule has 4 nitrogen and oxygen atoms in total. The number of carbonyl (C=O) groups is 1. The Morgan fingerprint density at radius 3 is 2.73 bits per heavy atom. The van der Waals surface area contributed by atoms with E-state index in [4.69, 9.17) is 4.74 Å². The number of ether oxygens (including phenoxy) is 1. The van der Waals surface area contributed by atoms with Crippen molar-refractivity contribution in [3.05, 3.63) is 29.8 Å². The molecule has 1 fully saturated rings. The van der Waals surface area contributed by atoms with Gasteiger partial charge in [-0.25, -0.2) is 0 Å². The number of para-hydroxylation sites is 1. The first-order valence-corrected chi connectivity index (χ1v) is 8.43. The van der Waals surface area contributed by atoms with Gasteiger partial charge in [0.1, 0.15) is 5.75 Å². The molecule has 1 aliphatic heterocycles. The van der Waals surface area contributed by atoms with E-state index in [-0.39, 0.29) is 5.91 Å². The zero-order chi connectivity index (χ0) is 15.8. The topological polar surface area (TPSA) is 41.6 Å². The highest BCUT2D eigenvalue weighted by Gasteiger charge is 2.18. The maximum absolute atomic E-state index is 12.2. The zero-order valence-electron chi connectivity index (χ0n) is 13.8. The number of benzene rings is 1. The molecule has 1 atom stereocenters. The number of carbonyl (C=O) groups excluding carboxylic acids is 1. The fraction of sp³-hybridized carbons (Fsp3) is 0.611. The fourth-order valence-corrected chi connectivity index (χ4v) is 2.80. The Labute approximate surface area is 133 Å². The van der Waals surface area contributed by atoms with Gasteiger partial charge in [-0.05, 0) is 63.9 Å². The van der Waals surface area contributed by atoms with Crippen molar-refractivity contribution in [3.63, 3.8) is 0 Å². The van der Waals surface area contributed by atoms with E-state index >= 15 is 0 Å². The molecule has 1 amide bonds. The van der Waals surface area contributed by atoms with E-state index in [1.54, 1.807) is 0 Å². The van der Waals surface area contributed by atoms with Crippen LogP contribution in [0.2, 0.25) is 0 Å². The third-order valence-corrected chi connectivity index (χ3v) is 4.18. The van der Waals surface area contributed by atoms with Crippen LogP contribution in [0, 0.1) is 6.92 Å². The third-order valence-electron chi connectivity index (χ3n) is 4.18. The standard InChI is InChI=1S/C18H28N2O2/c1-3-16(22-17-10-5-4-9-15(17)2)18(21)19-11-8-14-20-12-6-7-13-20/h4-5,9-10,16H,3,6-8,11-14H2,1-2H3,(H,19,21). The Kier molecular flexibility index (Phi) is 6.72. The summed E-state index contributed by atoms with van der Waals surface area (Å²) in [6.07, 6.45) is 3.90. The summed E-state index contributed by atoms with van der Waals surface area (Å²) in [4.78, 5) is 14.7. The largest absolute Gasteiger partial charge is 0.480 e. The lowest BCUT2D eigenvalue weighted by atomic mass is 10.2. The molecule has 1 saturated heterocycles. The first-order chi connectivity index (χ1) is 10.7. The van der Waals surface area contributed by atoms with Crippen molar-refractivity contribution < 1.29 is 9.53 Å². The predicted molar refractivity (Wildman–Crippen MR) is 89.2 cm³/mol. The summed E-state index contributed by atoms with van der Waals surface area (Å²) in [5, 5.41) is 3.01. The van der Waals surface area contributed by atoms with E-state index in [9.17, 15) is 4.79 Å². The molecule has 0 spiro atoms. The molecule has 1 aliphatic rings. The van der Waals surface area contributed by atoms with E-state index in [2.05, 4.69) is 10.2 Å². The van der Waals surface area contributed by atoms with Gasteiger partial charge in [0.15, 0.2) is 6.10 Å². The van der Waals surface area contributed by atoms with Crippen LogP contribution < -0.4 is 10.1 Å². The summed E-state index contributed by atoms with van der Waals surface area (Å²) in [5.41, 5.74) is 1.06. The number of rotatable bonds is 8. The zero-order valence-corrected chi connectivity index (χ0v) is 13.8. The van der Waals surface area contributed by atoms with Gasteiger partial charge in [-0.1, -0.05) is 25.1 Å². The van der Waals surface area contributed by atoms with E-state index in [0.717, 1.165) is 30.8 Å². The molecular weight excluding hydrogens is 276 g/mol. The minimum atomic E-state index is -0.409. The van der Waals surface area contributed by atoms with Crippen LogP contribution in [0.1, 0.15) is 38.2 Å². The van der Waals surface area contributed by atoms with Gasteiger partial charge in [0.05, 0.1) is 0 Å². The average molecular weight is 304 g/mol. The van der Waals surface area contributed by atoms with Gasteiger partial charge < -0.3 is 15.0 Å². The SMILES string of the molecule is CCC(Oc1ccccc1C)C(=O)NCCCN1CCCC1. The summed E-state index contributed by atoms with van der Waals surface area (Å²) < 4.78 is 5.86. The number of nitrogens with one attached hydrogen (secondary N) is 1. The van der Waals surface area contributed by atoms with E-state index < -0.39 is 6.10 Å². The lowest BCUT2D eigenvalue weighted by Gasteiger charge is -2.19. The molecule has 2 rings (SSSR count). The van der Waals surface area contributed by atoms with Crippen LogP contribution in [0.3, 0.4) is 0 Å². The minimum Gasteiger partial charge on any atom is -0.480 e. The van der Waals surface area contributed by atoms with Gasteiger partial charge in [-0.15, -0.1) is 0 Å². The summed E-state index contributed by atoms with van der Waals surface area (Å²) in [6, 6.07) is 7.82. The third kappa shape index (κ3) is 5.02. The summed E-state index contributed by atoms with van der Waals surface area (Å²) >= 11 is 0. The molecule has 4 heteroatoms. The van der Waals surface area contributed by atoms with Crippen LogP contribution in [0.5, 0.6) is 5.75 Å². The summed E-state index contributed by atoms with van der Waals surface area (Å²) in [5.74, 6) is 0.786. The van der Waals surface area contributed by atoms with Gasteiger partial charge >= 0.3 is 0 Å². The van der Waals surface area contributed by atoms with E-state index in [0.29, 0.717) is 6.42 Å². The monoisotopic (exact) mass is 304 g/mol. The van der Waals surface area contributed by atoms with Crippen molar-refractivity contribution in [3.8, 4) is 5.75 Å². The smallest absolute Gasteiger partial charge is 0.261 e. The molecule has 0 bridgehead atoms. The summed E-state index contributed by atoms with van der Waals surface area (Å²) in [6.45, 7) is 8.20. The quantitative estimate of drug-likeness (QED) is 0.751. The lowest BCUT2D eigenvalue weighted by molar-refractivity contribution is -0.128.